The van der Waals surface area contributed by atoms with Crippen molar-refractivity contribution < 1.29 is 4.74 Å². The molecule has 1 aliphatic heterocycles. The maximum atomic E-state index is 5.84. The number of fused-ring (bicyclic) bond motifs is 1. The number of ether oxygens (including phenoxy) is 1. The first-order valence-electron chi connectivity index (χ1n) is 3.98. The van der Waals surface area contributed by atoms with Crippen LogP contribution in [0.1, 0.15) is 12.0 Å². The van der Waals surface area contributed by atoms with Crippen LogP contribution in [0.2, 0.25) is 5.02 Å². The van der Waals surface area contributed by atoms with Crippen molar-refractivity contribution in [2.24, 2.45) is 0 Å². The lowest BCUT2D eigenvalue weighted by Crippen LogP contribution is -2.08. The van der Waals surface area contributed by atoms with Gasteiger partial charge in [0.05, 0.1) is 17.3 Å². The lowest BCUT2D eigenvalue weighted by atomic mass is 10.1. The first-order chi connectivity index (χ1) is 5.77. The summed E-state index contributed by atoms with van der Waals surface area (Å²) in [5.74, 6) is 0.889. The third-order valence-electron chi connectivity index (χ3n) is 2.03. The van der Waals surface area contributed by atoms with Gasteiger partial charge in [-0.25, -0.2) is 0 Å². The Kier molecular flexibility index (Phi) is 1.85. The monoisotopic (exact) mass is 183 g/mol. The summed E-state index contributed by atoms with van der Waals surface area (Å²) in [4.78, 5) is 0. The van der Waals surface area contributed by atoms with E-state index in [2.05, 4.69) is 0 Å². The summed E-state index contributed by atoms with van der Waals surface area (Å²) in [7, 11) is 0. The zero-order valence-electron chi connectivity index (χ0n) is 6.64. The normalized spacial score (nSPS) is 15.1. The summed E-state index contributed by atoms with van der Waals surface area (Å²) >= 11 is 5.84. The van der Waals surface area contributed by atoms with Crippen molar-refractivity contribution in [1.82, 2.24) is 0 Å². The van der Waals surface area contributed by atoms with Crippen LogP contribution in [0.3, 0.4) is 0 Å². The molecule has 2 nitrogen and oxygen atoms in total. The zero-order chi connectivity index (χ0) is 8.55. The van der Waals surface area contributed by atoms with Crippen molar-refractivity contribution in [3.63, 3.8) is 0 Å². The fraction of sp³-hybridized carbons (Fsp3) is 0.333. The highest BCUT2D eigenvalue weighted by Crippen LogP contribution is 2.31. The van der Waals surface area contributed by atoms with Gasteiger partial charge in [-0.05, 0) is 24.5 Å². The van der Waals surface area contributed by atoms with Gasteiger partial charge in [0.2, 0.25) is 0 Å². The molecule has 0 fully saturated rings. The first kappa shape index (κ1) is 7.74. The number of hydrogen-bond donors (Lipinski definition) is 1. The van der Waals surface area contributed by atoms with Crippen LogP contribution in [0.15, 0.2) is 12.1 Å². The van der Waals surface area contributed by atoms with Crippen LogP contribution in [0.25, 0.3) is 0 Å². The average Bonchev–Trinajstić information content (AvgIpc) is 2.07. The molecular weight excluding hydrogens is 174 g/mol. The number of anilines is 1. The fourth-order valence-electron chi connectivity index (χ4n) is 1.39. The van der Waals surface area contributed by atoms with Gasteiger partial charge in [-0.15, -0.1) is 0 Å². The van der Waals surface area contributed by atoms with E-state index in [1.807, 2.05) is 6.07 Å². The van der Waals surface area contributed by atoms with Gasteiger partial charge in [-0.3, -0.25) is 0 Å². The standard InChI is InChI=1S/C9H10ClNO/c10-7-5-9-6(4-8(7)11)2-1-3-12-9/h4-5H,1-3,11H2. The molecule has 1 heterocycles. The largest absolute Gasteiger partial charge is 0.493 e. The summed E-state index contributed by atoms with van der Waals surface area (Å²) in [5, 5.41) is 0.579. The predicted molar refractivity (Wildman–Crippen MR) is 49.7 cm³/mol. The fourth-order valence-corrected chi connectivity index (χ4v) is 1.55. The molecule has 0 atom stereocenters. The van der Waals surface area contributed by atoms with Crippen molar-refractivity contribution in [3.05, 3.63) is 22.7 Å². The highest BCUT2D eigenvalue weighted by molar-refractivity contribution is 6.33. The Balaban J connectivity index is 2.49. The molecule has 1 aliphatic rings. The SMILES string of the molecule is Nc1cc2c(cc1Cl)OCCC2. The zero-order valence-corrected chi connectivity index (χ0v) is 7.40. The van der Waals surface area contributed by atoms with E-state index in [4.69, 9.17) is 22.1 Å². The van der Waals surface area contributed by atoms with Gasteiger partial charge in [0.25, 0.3) is 0 Å². The number of rotatable bonds is 0. The Bertz CT molecular complexity index is 281. The van der Waals surface area contributed by atoms with Crippen LogP contribution >= 0.6 is 11.6 Å². The van der Waals surface area contributed by atoms with Gasteiger partial charge in [-0.1, -0.05) is 11.6 Å². The molecule has 3 heteroatoms. The Morgan fingerprint density at radius 2 is 2.25 bits per heavy atom. The molecule has 0 saturated carbocycles. The lowest BCUT2D eigenvalue weighted by Gasteiger charge is -2.17. The third kappa shape index (κ3) is 1.23. The molecule has 1 aromatic carbocycles. The second-order valence-corrected chi connectivity index (χ2v) is 3.34. The molecule has 0 spiro atoms. The van der Waals surface area contributed by atoms with E-state index in [1.54, 1.807) is 6.07 Å². The minimum absolute atomic E-state index is 0.579. The second kappa shape index (κ2) is 2.87. The summed E-state index contributed by atoms with van der Waals surface area (Å²) in [5.41, 5.74) is 7.47. The molecule has 64 valence electrons. The van der Waals surface area contributed by atoms with Gasteiger partial charge >= 0.3 is 0 Å². The molecule has 0 saturated heterocycles. The van der Waals surface area contributed by atoms with Crippen molar-refractivity contribution in [2.45, 2.75) is 12.8 Å². The van der Waals surface area contributed by atoms with Gasteiger partial charge in [0, 0.05) is 6.07 Å². The molecule has 0 unspecified atom stereocenters. The van der Waals surface area contributed by atoms with Crippen molar-refractivity contribution in [2.75, 3.05) is 12.3 Å². The summed E-state index contributed by atoms with van der Waals surface area (Å²) in [6, 6.07) is 3.70. The number of halogens is 1. The quantitative estimate of drug-likeness (QED) is 0.627. The second-order valence-electron chi connectivity index (χ2n) is 2.93. The molecule has 2 N–H and O–H groups in total. The van der Waals surface area contributed by atoms with Crippen LogP contribution in [-0.2, 0) is 6.42 Å². The Hall–Kier alpha value is -0.890. The van der Waals surface area contributed by atoms with Crippen LogP contribution in [-0.4, -0.2) is 6.61 Å². The molecule has 0 radical (unpaired) electrons. The van der Waals surface area contributed by atoms with Crippen LogP contribution in [0.4, 0.5) is 5.69 Å². The molecule has 0 aliphatic carbocycles. The predicted octanol–water partition coefficient (Wildman–Crippen LogP) is 2.25. The van der Waals surface area contributed by atoms with E-state index >= 15 is 0 Å². The topological polar surface area (TPSA) is 35.2 Å². The number of benzene rings is 1. The number of aryl methyl sites for hydroxylation is 1. The molecule has 2 rings (SSSR count). The maximum Gasteiger partial charge on any atom is 0.124 e. The molecule has 0 amide bonds. The van der Waals surface area contributed by atoms with Crippen molar-refractivity contribution in [1.29, 1.82) is 0 Å². The minimum Gasteiger partial charge on any atom is -0.493 e. The van der Waals surface area contributed by atoms with Gasteiger partial charge in [0.15, 0.2) is 0 Å². The smallest absolute Gasteiger partial charge is 0.124 e. The highest BCUT2D eigenvalue weighted by atomic mass is 35.5. The number of nitrogen functional groups attached to an aromatic ring is 1. The van der Waals surface area contributed by atoms with E-state index in [1.165, 1.54) is 5.56 Å². The summed E-state index contributed by atoms with van der Waals surface area (Å²) in [6.45, 7) is 0.785. The Morgan fingerprint density at radius 1 is 1.42 bits per heavy atom. The Morgan fingerprint density at radius 3 is 3.08 bits per heavy atom. The summed E-state index contributed by atoms with van der Waals surface area (Å²) in [6.07, 6.45) is 2.10. The molecule has 0 bridgehead atoms. The van der Waals surface area contributed by atoms with E-state index in [9.17, 15) is 0 Å². The number of hydrogen-bond acceptors (Lipinski definition) is 2. The third-order valence-corrected chi connectivity index (χ3v) is 2.36. The Labute approximate surface area is 76.3 Å². The van der Waals surface area contributed by atoms with Gasteiger partial charge in [-0.2, -0.15) is 0 Å². The van der Waals surface area contributed by atoms with Crippen LogP contribution in [0.5, 0.6) is 5.75 Å². The average molecular weight is 184 g/mol. The van der Waals surface area contributed by atoms with Gasteiger partial charge < -0.3 is 10.5 Å². The van der Waals surface area contributed by atoms with Crippen molar-refractivity contribution in [3.8, 4) is 5.75 Å². The lowest BCUT2D eigenvalue weighted by molar-refractivity contribution is 0.288. The maximum absolute atomic E-state index is 5.84. The minimum atomic E-state index is 0.579. The van der Waals surface area contributed by atoms with Crippen LogP contribution < -0.4 is 10.5 Å². The molecule has 12 heavy (non-hydrogen) atoms. The van der Waals surface area contributed by atoms with Gasteiger partial charge in [0.1, 0.15) is 5.75 Å². The first-order valence-corrected chi connectivity index (χ1v) is 4.36. The molecule has 1 aromatic rings. The van der Waals surface area contributed by atoms with Crippen molar-refractivity contribution >= 4 is 17.3 Å². The molecular formula is C9H10ClNO. The highest BCUT2D eigenvalue weighted by Gasteiger charge is 2.11. The van der Waals surface area contributed by atoms with E-state index in [0.717, 1.165) is 25.2 Å². The molecule has 0 aromatic heterocycles. The van der Waals surface area contributed by atoms with E-state index in [0.29, 0.717) is 10.7 Å². The number of nitrogens with two attached hydrogens (primary N) is 1. The van der Waals surface area contributed by atoms with E-state index < -0.39 is 0 Å². The van der Waals surface area contributed by atoms with E-state index in [-0.39, 0.29) is 0 Å². The summed E-state index contributed by atoms with van der Waals surface area (Å²) < 4.78 is 5.42. The van der Waals surface area contributed by atoms with Crippen LogP contribution in [0, 0.1) is 0 Å².